The molecule has 2 heterocycles. The van der Waals surface area contributed by atoms with Crippen LogP contribution >= 0.6 is 0 Å². The van der Waals surface area contributed by atoms with Gasteiger partial charge in [0.1, 0.15) is 0 Å². The molecule has 0 unspecified atom stereocenters. The van der Waals surface area contributed by atoms with E-state index in [-0.39, 0.29) is 5.78 Å². The molecule has 1 fully saturated rings. The van der Waals surface area contributed by atoms with Crippen molar-refractivity contribution in [2.75, 3.05) is 11.4 Å². The third kappa shape index (κ3) is 2.68. The number of hydrogen-bond donors (Lipinski definition) is 0. The highest BCUT2D eigenvalue weighted by atomic mass is 16.1. The summed E-state index contributed by atoms with van der Waals surface area (Å²) in [6, 6.07) is 0.549. The first-order chi connectivity index (χ1) is 10.1. The SMILES string of the molecule is CC[C@H]1CCCCN1c1nc(C)c2c(n1)C[C@H](C)CC2=O. The van der Waals surface area contributed by atoms with E-state index in [1.54, 1.807) is 0 Å². The first-order valence-corrected chi connectivity index (χ1v) is 8.27. The molecule has 21 heavy (non-hydrogen) atoms. The number of piperidine rings is 1. The van der Waals surface area contributed by atoms with Gasteiger partial charge in [-0.05, 0) is 44.9 Å². The van der Waals surface area contributed by atoms with E-state index < -0.39 is 0 Å². The van der Waals surface area contributed by atoms with Crippen molar-refractivity contribution in [1.82, 2.24) is 9.97 Å². The Bertz CT molecular complexity index is 555. The van der Waals surface area contributed by atoms with E-state index in [1.807, 2.05) is 6.92 Å². The van der Waals surface area contributed by atoms with E-state index in [1.165, 1.54) is 19.3 Å². The number of carbonyl (C=O) groups is 1. The largest absolute Gasteiger partial charge is 0.338 e. The van der Waals surface area contributed by atoms with E-state index in [0.29, 0.717) is 18.4 Å². The molecule has 4 nitrogen and oxygen atoms in total. The Hall–Kier alpha value is -1.45. The van der Waals surface area contributed by atoms with Gasteiger partial charge in [0.15, 0.2) is 5.78 Å². The Morgan fingerprint density at radius 2 is 2.05 bits per heavy atom. The number of Topliss-reactive ketones (excluding diaryl/α,β-unsaturated/α-hetero) is 1. The van der Waals surface area contributed by atoms with Gasteiger partial charge in [-0.25, -0.2) is 9.97 Å². The van der Waals surface area contributed by atoms with Gasteiger partial charge in [0.2, 0.25) is 5.95 Å². The second kappa shape index (κ2) is 5.74. The Labute approximate surface area is 127 Å². The van der Waals surface area contributed by atoms with Crippen molar-refractivity contribution in [3.63, 3.8) is 0 Å². The van der Waals surface area contributed by atoms with Crippen LogP contribution in [0.5, 0.6) is 0 Å². The van der Waals surface area contributed by atoms with Crippen LogP contribution in [0.4, 0.5) is 5.95 Å². The number of anilines is 1. The summed E-state index contributed by atoms with van der Waals surface area (Å²) in [6.07, 6.45) is 6.42. The maximum absolute atomic E-state index is 12.2. The van der Waals surface area contributed by atoms with Gasteiger partial charge in [-0.2, -0.15) is 0 Å². The summed E-state index contributed by atoms with van der Waals surface area (Å²) in [7, 11) is 0. The van der Waals surface area contributed by atoms with Crippen molar-refractivity contribution in [2.45, 2.75) is 65.3 Å². The smallest absolute Gasteiger partial charge is 0.226 e. The second-order valence-electron chi connectivity index (χ2n) is 6.62. The van der Waals surface area contributed by atoms with Gasteiger partial charge in [0, 0.05) is 19.0 Å². The molecule has 0 bridgehead atoms. The molecule has 0 aromatic carbocycles. The third-order valence-electron chi connectivity index (χ3n) is 4.86. The van der Waals surface area contributed by atoms with Gasteiger partial charge >= 0.3 is 0 Å². The molecule has 0 N–H and O–H groups in total. The van der Waals surface area contributed by atoms with Crippen LogP contribution in [0.3, 0.4) is 0 Å². The van der Waals surface area contributed by atoms with E-state index in [2.05, 4.69) is 23.7 Å². The highest BCUT2D eigenvalue weighted by Gasteiger charge is 2.29. The van der Waals surface area contributed by atoms with Crippen LogP contribution in [0.15, 0.2) is 0 Å². The topological polar surface area (TPSA) is 46.1 Å². The average molecular weight is 287 g/mol. The number of rotatable bonds is 2. The van der Waals surface area contributed by atoms with Crippen LogP contribution in [-0.2, 0) is 6.42 Å². The lowest BCUT2D eigenvalue weighted by molar-refractivity contribution is 0.0951. The van der Waals surface area contributed by atoms with Crippen LogP contribution in [0.1, 0.15) is 67.7 Å². The molecule has 4 heteroatoms. The zero-order valence-corrected chi connectivity index (χ0v) is 13.4. The maximum Gasteiger partial charge on any atom is 0.226 e. The monoisotopic (exact) mass is 287 g/mol. The fourth-order valence-electron chi connectivity index (χ4n) is 3.76. The summed E-state index contributed by atoms with van der Waals surface area (Å²) in [5, 5.41) is 0. The third-order valence-corrected chi connectivity index (χ3v) is 4.86. The minimum atomic E-state index is 0.221. The Morgan fingerprint density at radius 1 is 1.24 bits per heavy atom. The van der Waals surface area contributed by atoms with Crippen LogP contribution in [-0.4, -0.2) is 28.3 Å². The molecule has 3 rings (SSSR count). The summed E-state index contributed by atoms with van der Waals surface area (Å²) in [6.45, 7) is 7.37. The zero-order valence-electron chi connectivity index (χ0n) is 13.4. The number of carbonyl (C=O) groups excluding carboxylic acids is 1. The quantitative estimate of drug-likeness (QED) is 0.837. The maximum atomic E-state index is 12.2. The van der Waals surface area contributed by atoms with Gasteiger partial charge in [-0.3, -0.25) is 4.79 Å². The standard InChI is InChI=1S/C17H25N3O/c1-4-13-7-5-6-8-20(13)17-18-12(3)16-14(19-17)9-11(2)10-15(16)21/h11,13H,4-10H2,1-3H3/t11-,13-/m0/s1. The van der Waals surface area contributed by atoms with Gasteiger partial charge < -0.3 is 4.90 Å². The van der Waals surface area contributed by atoms with Crippen LogP contribution in [0, 0.1) is 12.8 Å². The van der Waals surface area contributed by atoms with Gasteiger partial charge in [-0.1, -0.05) is 13.8 Å². The number of ketones is 1. The molecule has 2 aliphatic rings. The molecular formula is C17H25N3O. The first-order valence-electron chi connectivity index (χ1n) is 8.27. The lowest BCUT2D eigenvalue weighted by Gasteiger charge is -2.36. The fourth-order valence-corrected chi connectivity index (χ4v) is 3.76. The highest BCUT2D eigenvalue weighted by molar-refractivity contribution is 5.99. The number of nitrogens with zero attached hydrogens (tertiary/aromatic N) is 3. The van der Waals surface area contributed by atoms with E-state index >= 15 is 0 Å². The lowest BCUT2D eigenvalue weighted by atomic mass is 9.86. The van der Waals surface area contributed by atoms with E-state index in [9.17, 15) is 4.79 Å². The van der Waals surface area contributed by atoms with Gasteiger partial charge in [0.25, 0.3) is 0 Å². The number of aromatic nitrogens is 2. The summed E-state index contributed by atoms with van der Waals surface area (Å²) >= 11 is 0. The number of fused-ring (bicyclic) bond motifs is 1. The Morgan fingerprint density at radius 3 is 2.81 bits per heavy atom. The number of aryl methyl sites for hydroxylation is 1. The summed E-state index contributed by atoms with van der Waals surface area (Å²) in [5.74, 6) is 1.47. The summed E-state index contributed by atoms with van der Waals surface area (Å²) in [4.78, 5) is 24.1. The van der Waals surface area contributed by atoms with E-state index in [4.69, 9.17) is 4.98 Å². The minimum absolute atomic E-state index is 0.221. The van der Waals surface area contributed by atoms with E-state index in [0.717, 1.165) is 42.3 Å². The second-order valence-corrected chi connectivity index (χ2v) is 6.62. The molecule has 1 saturated heterocycles. The van der Waals surface area contributed by atoms with Crippen molar-refractivity contribution >= 4 is 11.7 Å². The summed E-state index contributed by atoms with van der Waals surface area (Å²) < 4.78 is 0. The highest BCUT2D eigenvalue weighted by Crippen LogP contribution is 2.30. The molecule has 0 radical (unpaired) electrons. The van der Waals surface area contributed by atoms with Crippen molar-refractivity contribution in [1.29, 1.82) is 0 Å². The van der Waals surface area contributed by atoms with Crippen molar-refractivity contribution in [2.24, 2.45) is 5.92 Å². The summed E-state index contributed by atoms with van der Waals surface area (Å²) in [5.41, 5.74) is 2.64. The molecule has 1 aromatic rings. The van der Waals surface area contributed by atoms with Gasteiger partial charge in [-0.15, -0.1) is 0 Å². The van der Waals surface area contributed by atoms with Gasteiger partial charge in [0.05, 0.1) is 17.0 Å². The zero-order chi connectivity index (χ0) is 15.0. The number of hydrogen-bond acceptors (Lipinski definition) is 4. The van der Waals surface area contributed by atoms with Crippen LogP contribution in [0.2, 0.25) is 0 Å². The van der Waals surface area contributed by atoms with Crippen LogP contribution in [0.25, 0.3) is 0 Å². The molecule has 0 amide bonds. The normalized spacial score (nSPS) is 25.9. The molecular weight excluding hydrogens is 262 g/mol. The average Bonchev–Trinajstić information content (AvgIpc) is 2.45. The molecule has 2 atom stereocenters. The van der Waals surface area contributed by atoms with Crippen molar-refractivity contribution in [3.8, 4) is 0 Å². The lowest BCUT2D eigenvalue weighted by Crippen LogP contribution is -2.40. The predicted molar refractivity (Wildman–Crippen MR) is 83.9 cm³/mol. The van der Waals surface area contributed by atoms with Crippen molar-refractivity contribution < 1.29 is 4.79 Å². The molecule has 1 aliphatic heterocycles. The molecule has 1 aromatic heterocycles. The molecule has 0 spiro atoms. The fraction of sp³-hybridized carbons (Fsp3) is 0.706. The first kappa shape index (κ1) is 14.5. The Kier molecular flexibility index (Phi) is 3.96. The van der Waals surface area contributed by atoms with Crippen molar-refractivity contribution in [3.05, 3.63) is 17.0 Å². The Balaban J connectivity index is 1.99. The van der Waals surface area contributed by atoms with Crippen LogP contribution < -0.4 is 4.90 Å². The minimum Gasteiger partial charge on any atom is -0.338 e. The molecule has 1 aliphatic carbocycles. The predicted octanol–water partition coefficient (Wildman–Crippen LogP) is 3.32. The molecule has 114 valence electrons. The molecule has 0 saturated carbocycles.